The predicted molar refractivity (Wildman–Crippen MR) is 64.5 cm³/mol. The Hall–Kier alpha value is -1.13. The van der Waals surface area contributed by atoms with Crippen LogP contribution >= 0.6 is 12.4 Å². The van der Waals surface area contributed by atoms with Gasteiger partial charge in [-0.05, 0) is 43.6 Å². The molecule has 1 fully saturated rings. The van der Waals surface area contributed by atoms with E-state index in [2.05, 4.69) is 10.3 Å². The van der Waals surface area contributed by atoms with Gasteiger partial charge in [0.05, 0.1) is 5.41 Å². The summed E-state index contributed by atoms with van der Waals surface area (Å²) in [6.07, 6.45) is 4.96. The van der Waals surface area contributed by atoms with Gasteiger partial charge >= 0.3 is 0 Å². The van der Waals surface area contributed by atoms with E-state index in [0.29, 0.717) is 0 Å². The zero-order valence-electron chi connectivity index (χ0n) is 8.98. The van der Waals surface area contributed by atoms with Crippen LogP contribution in [0.5, 0.6) is 0 Å². The van der Waals surface area contributed by atoms with Gasteiger partial charge in [0.2, 0.25) is 5.91 Å². The van der Waals surface area contributed by atoms with Gasteiger partial charge in [-0.2, -0.15) is 0 Å². The van der Waals surface area contributed by atoms with Gasteiger partial charge in [-0.25, -0.2) is 0 Å². The molecule has 1 aliphatic rings. The van der Waals surface area contributed by atoms with Crippen molar-refractivity contribution >= 4 is 18.3 Å². The minimum absolute atomic E-state index is 0. The third kappa shape index (κ3) is 2.18. The molecular formula is C11H16ClN3O. The molecule has 3 N–H and O–H groups in total. The molecular weight excluding hydrogens is 226 g/mol. The van der Waals surface area contributed by atoms with Crippen molar-refractivity contribution in [1.82, 2.24) is 10.3 Å². The predicted octanol–water partition coefficient (Wildman–Crippen LogP) is 0.610. The van der Waals surface area contributed by atoms with Gasteiger partial charge in [0.15, 0.2) is 0 Å². The quantitative estimate of drug-likeness (QED) is 0.797. The lowest BCUT2D eigenvalue weighted by molar-refractivity contribution is -0.124. The van der Waals surface area contributed by atoms with E-state index >= 15 is 0 Å². The molecule has 4 nitrogen and oxygen atoms in total. The molecule has 0 bridgehead atoms. The Labute approximate surface area is 101 Å². The molecule has 0 aromatic carbocycles. The van der Waals surface area contributed by atoms with Crippen LogP contribution in [0.3, 0.4) is 0 Å². The molecule has 1 saturated heterocycles. The van der Waals surface area contributed by atoms with Crippen LogP contribution in [0.25, 0.3) is 0 Å². The first-order chi connectivity index (χ1) is 7.26. The number of hydrogen-bond acceptors (Lipinski definition) is 3. The summed E-state index contributed by atoms with van der Waals surface area (Å²) >= 11 is 0. The van der Waals surface area contributed by atoms with E-state index in [4.69, 9.17) is 5.73 Å². The summed E-state index contributed by atoms with van der Waals surface area (Å²) in [5, 5.41) is 3.24. The van der Waals surface area contributed by atoms with Crippen molar-refractivity contribution in [2.24, 2.45) is 5.73 Å². The highest BCUT2D eigenvalue weighted by Gasteiger charge is 2.39. The van der Waals surface area contributed by atoms with Crippen LogP contribution in [0, 0.1) is 0 Å². The van der Waals surface area contributed by atoms with Crippen molar-refractivity contribution in [2.45, 2.75) is 18.3 Å². The number of primary amides is 1. The molecule has 16 heavy (non-hydrogen) atoms. The first-order valence-corrected chi connectivity index (χ1v) is 5.17. The molecule has 0 saturated carbocycles. The molecule has 88 valence electrons. The summed E-state index contributed by atoms with van der Waals surface area (Å²) in [5.74, 6) is -0.227. The molecule has 0 radical (unpaired) electrons. The fourth-order valence-electron chi connectivity index (χ4n) is 2.20. The molecule has 1 aromatic rings. The molecule has 0 aliphatic carbocycles. The molecule has 1 aromatic heterocycles. The first-order valence-electron chi connectivity index (χ1n) is 5.17. The van der Waals surface area contributed by atoms with Gasteiger partial charge in [-0.3, -0.25) is 9.78 Å². The number of amides is 1. The van der Waals surface area contributed by atoms with E-state index in [-0.39, 0.29) is 18.3 Å². The van der Waals surface area contributed by atoms with E-state index in [9.17, 15) is 4.79 Å². The number of pyridine rings is 1. The normalized spacial score (nSPS) is 18.5. The third-order valence-electron chi connectivity index (χ3n) is 3.16. The first kappa shape index (κ1) is 12.9. The number of carbonyl (C=O) groups excluding carboxylic acids is 1. The summed E-state index contributed by atoms with van der Waals surface area (Å²) in [6, 6.07) is 3.77. The molecule has 1 amide bonds. The van der Waals surface area contributed by atoms with E-state index in [0.717, 1.165) is 31.5 Å². The van der Waals surface area contributed by atoms with Crippen LogP contribution in [-0.2, 0) is 10.2 Å². The number of nitrogens with zero attached hydrogens (tertiary/aromatic N) is 1. The average Bonchev–Trinajstić information content (AvgIpc) is 2.31. The maximum atomic E-state index is 11.7. The molecule has 0 unspecified atom stereocenters. The Kier molecular flexibility index (Phi) is 4.26. The maximum absolute atomic E-state index is 11.7. The number of piperidine rings is 1. The Morgan fingerprint density at radius 3 is 2.38 bits per heavy atom. The zero-order chi connectivity index (χ0) is 10.7. The number of carbonyl (C=O) groups is 1. The molecule has 1 aliphatic heterocycles. The minimum Gasteiger partial charge on any atom is -0.369 e. The van der Waals surface area contributed by atoms with Crippen LogP contribution in [0.4, 0.5) is 0 Å². The summed E-state index contributed by atoms with van der Waals surface area (Å²) in [6.45, 7) is 1.68. The number of nitrogens with two attached hydrogens (primary N) is 1. The van der Waals surface area contributed by atoms with Crippen molar-refractivity contribution in [3.63, 3.8) is 0 Å². The number of halogens is 1. The Balaban J connectivity index is 0.00000128. The lowest BCUT2D eigenvalue weighted by Crippen LogP contribution is -2.48. The highest BCUT2D eigenvalue weighted by molar-refractivity contribution is 5.86. The maximum Gasteiger partial charge on any atom is 0.228 e. The number of nitrogens with one attached hydrogen (secondary N) is 1. The van der Waals surface area contributed by atoms with Crippen molar-refractivity contribution in [1.29, 1.82) is 0 Å². The molecule has 5 heteroatoms. The lowest BCUT2D eigenvalue weighted by atomic mass is 9.73. The zero-order valence-corrected chi connectivity index (χ0v) is 9.80. The second kappa shape index (κ2) is 5.27. The van der Waals surface area contributed by atoms with Crippen molar-refractivity contribution < 1.29 is 4.79 Å². The van der Waals surface area contributed by atoms with Gasteiger partial charge in [0.25, 0.3) is 0 Å². The lowest BCUT2D eigenvalue weighted by Gasteiger charge is -2.35. The number of rotatable bonds is 2. The van der Waals surface area contributed by atoms with Crippen LogP contribution in [-0.4, -0.2) is 24.0 Å². The monoisotopic (exact) mass is 241 g/mol. The summed E-state index contributed by atoms with van der Waals surface area (Å²) in [5.41, 5.74) is 6.05. The van der Waals surface area contributed by atoms with Crippen molar-refractivity contribution in [3.05, 3.63) is 30.1 Å². The van der Waals surface area contributed by atoms with Crippen LogP contribution in [0.1, 0.15) is 18.4 Å². The van der Waals surface area contributed by atoms with Gasteiger partial charge in [-0.15, -0.1) is 12.4 Å². The summed E-state index contributed by atoms with van der Waals surface area (Å²) < 4.78 is 0. The Bertz CT molecular complexity index is 350. The Morgan fingerprint density at radius 2 is 1.88 bits per heavy atom. The van der Waals surface area contributed by atoms with Crippen LogP contribution in [0.2, 0.25) is 0 Å². The Morgan fingerprint density at radius 1 is 1.31 bits per heavy atom. The van der Waals surface area contributed by atoms with Gasteiger partial charge < -0.3 is 11.1 Å². The fourth-order valence-corrected chi connectivity index (χ4v) is 2.20. The minimum atomic E-state index is -0.492. The summed E-state index contributed by atoms with van der Waals surface area (Å²) in [7, 11) is 0. The molecule has 0 atom stereocenters. The van der Waals surface area contributed by atoms with E-state index < -0.39 is 5.41 Å². The second-order valence-electron chi connectivity index (χ2n) is 3.93. The highest BCUT2D eigenvalue weighted by Crippen LogP contribution is 2.32. The molecule has 0 spiro atoms. The van der Waals surface area contributed by atoms with E-state index in [1.807, 2.05) is 12.1 Å². The van der Waals surface area contributed by atoms with E-state index in [1.54, 1.807) is 12.4 Å². The standard InChI is InChI=1S/C11H15N3O.ClH/c12-10(15)11(3-7-14-8-4-11)9-1-5-13-6-2-9;/h1-2,5-6,14H,3-4,7-8H2,(H2,12,15);1H. The largest absolute Gasteiger partial charge is 0.369 e. The number of aromatic nitrogens is 1. The van der Waals surface area contributed by atoms with Crippen LogP contribution in [0.15, 0.2) is 24.5 Å². The van der Waals surface area contributed by atoms with Gasteiger partial charge in [-0.1, -0.05) is 0 Å². The van der Waals surface area contributed by atoms with Gasteiger partial charge in [0, 0.05) is 12.4 Å². The van der Waals surface area contributed by atoms with Crippen molar-refractivity contribution in [3.8, 4) is 0 Å². The van der Waals surface area contributed by atoms with Crippen LogP contribution < -0.4 is 11.1 Å². The number of hydrogen-bond donors (Lipinski definition) is 2. The smallest absolute Gasteiger partial charge is 0.228 e. The average molecular weight is 242 g/mol. The second-order valence-corrected chi connectivity index (χ2v) is 3.93. The van der Waals surface area contributed by atoms with E-state index in [1.165, 1.54) is 0 Å². The molecule has 2 rings (SSSR count). The van der Waals surface area contributed by atoms with Gasteiger partial charge in [0.1, 0.15) is 0 Å². The van der Waals surface area contributed by atoms with Crippen molar-refractivity contribution in [2.75, 3.05) is 13.1 Å². The summed E-state index contributed by atoms with van der Waals surface area (Å²) in [4.78, 5) is 15.6. The molecule has 2 heterocycles. The fraction of sp³-hybridized carbons (Fsp3) is 0.455. The third-order valence-corrected chi connectivity index (χ3v) is 3.16. The SMILES string of the molecule is Cl.NC(=O)C1(c2ccncc2)CCNCC1. The topological polar surface area (TPSA) is 68.0 Å². The highest BCUT2D eigenvalue weighted by atomic mass is 35.5.